The molecule has 0 amide bonds. The second-order valence-corrected chi connectivity index (χ2v) is 5.24. The van der Waals surface area contributed by atoms with E-state index >= 15 is 0 Å². The summed E-state index contributed by atoms with van der Waals surface area (Å²) in [7, 11) is 0. The van der Waals surface area contributed by atoms with Gasteiger partial charge in [-0.15, -0.1) is 0 Å². The number of halogens is 4. The Bertz CT molecular complexity index is 294. The molecule has 1 N–H and O–H groups in total. The van der Waals surface area contributed by atoms with Crippen LogP contribution >= 0.6 is 46.4 Å². The highest BCUT2D eigenvalue weighted by Gasteiger charge is 2.33. The molecule has 0 radical (unpaired) electrons. The Labute approximate surface area is 96.2 Å². The number of hydrogen-bond donors (Lipinski definition) is 1. The van der Waals surface area contributed by atoms with Gasteiger partial charge < -0.3 is 5.11 Å². The Morgan fingerprint density at radius 3 is 2.15 bits per heavy atom. The number of aliphatic hydroxyl groups excluding tert-OH is 1. The van der Waals surface area contributed by atoms with Crippen molar-refractivity contribution in [1.29, 1.82) is 0 Å². The van der Waals surface area contributed by atoms with E-state index in [4.69, 9.17) is 46.4 Å². The van der Waals surface area contributed by atoms with E-state index in [0.29, 0.717) is 10.6 Å². The van der Waals surface area contributed by atoms with E-state index in [1.807, 2.05) is 0 Å². The molecule has 0 spiro atoms. The summed E-state index contributed by atoms with van der Waals surface area (Å²) in [5, 5.41) is 9.93. The highest BCUT2D eigenvalue weighted by molar-refractivity contribution is 6.68. The maximum atomic E-state index is 9.56. The van der Waals surface area contributed by atoms with Crippen molar-refractivity contribution >= 4 is 46.4 Å². The number of alkyl halides is 3. The van der Waals surface area contributed by atoms with Gasteiger partial charge in [-0.05, 0) is 6.07 Å². The minimum Gasteiger partial charge on any atom is -0.384 e. The summed E-state index contributed by atoms with van der Waals surface area (Å²) >= 11 is 22.3. The second kappa shape index (κ2) is 4.24. The van der Waals surface area contributed by atoms with Crippen LogP contribution in [-0.4, -0.2) is 8.90 Å². The Morgan fingerprint density at radius 1 is 1.15 bits per heavy atom. The Morgan fingerprint density at radius 2 is 1.69 bits per heavy atom. The molecule has 72 valence electrons. The minimum atomic E-state index is -1.76. The Hall–Kier alpha value is 0.340. The van der Waals surface area contributed by atoms with Gasteiger partial charge in [0, 0.05) is 10.6 Å². The Balaban J connectivity index is 3.02. The first-order chi connectivity index (χ1) is 5.93. The lowest BCUT2D eigenvalue weighted by Gasteiger charge is -2.19. The molecular formula is C8H6Cl4O. The van der Waals surface area contributed by atoms with Crippen molar-refractivity contribution in [3.05, 3.63) is 34.9 Å². The van der Waals surface area contributed by atoms with Gasteiger partial charge in [0.15, 0.2) is 0 Å². The van der Waals surface area contributed by atoms with Crippen LogP contribution in [0.4, 0.5) is 0 Å². The van der Waals surface area contributed by atoms with Crippen molar-refractivity contribution in [2.24, 2.45) is 0 Å². The van der Waals surface area contributed by atoms with Gasteiger partial charge in [-0.1, -0.05) is 64.6 Å². The van der Waals surface area contributed by atoms with Gasteiger partial charge in [-0.2, -0.15) is 0 Å². The summed E-state index contributed by atoms with van der Waals surface area (Å²) in [5.74, 6) is 0. The topological polar surface area (TPSA) is 20.2 Å². The molecular weight excluding hydrogens is 254 g/mol. The first-order valence-electron chi connectivity index (χ1n) is 3.42. The van der Waals surface area contributed by atoms with E-state index in [0.717, 1.165) is 0 Å². The van der Waals surface area contributed by atoms with E-state index in [1.54, 1.807) is 24.3 Å². The molecule has 0 aliphatic heterocycles. The predicted molar refractivity (Wildman–Crippen MR) is 56.7 cm³/mol. The summed E-state index contributed by atoms with van der Waals surface area (Å²) in [6.45, 7) is 0. The highest BCUT2D eigenvalue weighted by atomic mass is 35.6. The second-order valence-electron chi connectivity index (χ2n) is 2.47. The first kappa shape index (κ1) is 11.4. The van der Waals surface area contributed by atoms with Gasteiger partial charge in [0.25, 0.3) is 0 Å². The van der Waals surface area contributed by atoms with Crippen LogP contribution in [0.5, 0.6) is 0 Å². The lowest BCUT2D eigenvalue weighted by atomic mass is 10.1. The third-order valence-corrected chi connectivity index (χ3v) is 2.47. The van der Waals surface area contributed by atoms with Crippen molar-refractivity contribution in [2.75, 3.05) is 0 Å². The zero-order chi connectivity index (χ0) is 10.1. The fourth-order valence-electron chi connectivity index (χ4n) is 0.873. The number of rotatable bonds is 1. The van der Waals surface area contributed by atoms with Crippen LogP contribution in [0.2, 0.25) is 5.02 Å². The van der Waals surface area contributed by atoms with E-state index in [2.05, 4.69) is 0 Å². The van der Waals surface area contributed by atoms with Gasteiger partial charge in [0.05, 0.1) is 0 Å². The van der Waals surface area contributed by atoms with E-state index in [-0.39, 0.29) is 0 Å². The normalized spacial score (nSPS) is 14.2. The molecule has 1 nitrogen and oxygen atoms in total. The fourth-order valence-corrected chi connectivity index (χ4v) is 1.46. The van der Waals surface area contributed by atoms with Crippen molar-refractivity contribution in [1.82, 2.24) is 0 Å². The summed E-state index contributed by atoms with van der Waals surface area (Å²) in [4.78, 5) is 0. The molecule has 0 aromatic heterocycles. The maximum Gasteiger partial charge on any atom is 0.220 e. The molecule has 0 bridgehead atoms. The molecule has 1 unspecified atom stereocenters. The molecule has 1 aromatic rings. The molecule has 0 heterocycles. The first-order valence-corrected chi connectivity index (χ1v) is 4.93. The van der Waals surface area contributed by atoms with Gasteiger partial charge in [-0.3, -0.25) is 0 Å². The summed E-state index contributed by atoms with van der Waals surface area (Å²) in [6, 6.07) is 6.67. The van der Waals surface area contributed by atoms with Gasteiger partial charge >= 0.3 is 0 Å². The van der Waals surface area contributed by atoms with E-state index in [9.17, 15) is 5.11 Å². The standard InChI is InChI=1S/C8H6Cl4O/c9-6-4-2-1-3-5(6)7(13)8(10,11)12/h1-4,7,13H. The van der Waals surface area contributed by atoms with Crippen LogP contribution in [0.25, 0.3) is 0 Å². The lowest BCUT2D eigenvalue weighted by Crippen LogP contribution is -2.16. The molecule has 0 fully saturated rings. The number of hydrogen-bond acceptors (Lipinski definition) is 1. The molecule has 1 rings (SSSR count). The fraction of sp³-hybridized carbons (Fsp3) is 0.250. The lowest BCUT2D eigenvalue weighted by molar-refractivity contribution is 0.182. The summed E-state index contributed by atoms with van der Waals surface area (Å²) < 4.78 is -1.76. The monoisotopic (exact) mass is 258 g/mol. The van der Waals surface area contributed by atoms with Crippen LogP contribution < -0.4 is 0 Å². The van der Waals surface area contributed by atoms with Gasteiger partial charge in [0.2, 0.25) is 3.79 Å². The summed E-state index contributed by atoms with van der Waals surface area (Å²) in [6.07, 6.45) is -1.22. The van der Waals surface area contributed by atoms with Crippen molar-refractivity contribution in [3.63, 3.8) is 0 Å². The average molecular weight is 260 g/mol. The van der Waals surface area contributed by atoms with E-state index < -0.39 is 9.90 Å². The molecule has 0 saturated carbocycles. The Kier molecular flexibility index (Phi) is 3.73. The van der Waals surface area contributed by atoms with Crippen molar-refractivity contribution < 1.29 is 5.11 Å². The zero-order valence-electron chi connectivity index (χ0n) is 6.35. The molecule has 0 aliphatic carbocycles. The average Bonchev–Trinajstić information content (AvgIpc) is 2.02. The highest BCUT2D eigenvalue weighted by Crippen LogP contribution is 2.41. The third-order valence-electron chi connectivity index (χ3n) is 1.51. The van der Waals surface area contributed by atoms with Gasteiger partial charge in [-0.25, -0.2) is 0 Å². The number of aliphatic hydroxyl groups is 1. The van der Waals surface area contributed by atoms with Crippen LogP contribution in [-0.2, 0) is 0 Å². The number of benzene rings is 1. The molecule has 13 heavy (non-hydrogen) atoms. The van der Waals surface area contributed by atoms with Crippen molar-refractivity contribution in [2.45, 2.75) is 9.90 Å². The largest absolute Gasteiger partial charge is 0.384 e. The molecule has 1 atom stereocenters. The maximum absolute atomic E-state index is 9.56. The van der Waals surface area contributed by atoms with Gasteiger partial charge in [0.1, 0.15) is 6.10 Å². The molecule has 5 heteroatoms. The predicted octanol–water partition coefficient (Wildman–Crippen LogP) is 3.74. The SMILES string of the molecule is OC(c1ccccc1Cl)C(Cl)(Cl)Cl. The minimum absolute atomic E-state index is 0.376. The van der Waals surface area contributed by atoms with Crippen LogP contribution in [0.15, 0.2) is 24.3 Å². The smallest absolute Gasteiger partial charge is 0.220 e. The zero-order valence-corrected chi connectivity index (χ0v) is 9.37. The third kappa shape index (κ3) is 2.90. The molecule has 1 aromatic carbocycles. The van der Waals surface area contributed by atoms with Crippen LogP contribution in [0.1, 0.15) is 11.7 Å². The molecule has 0 aliphatic rings. The quantitative estimate of drug-likeness (QED) is 0.762. The molecule has 0 saturated heterocycles. The summed E-state index contributed by atoms with van der Waals surface area (Å²) in [5.41, 5.74) is 0.407. The van der Waals surface area contributed by atoms with Crippen LogP contribution in [0.3, 0.4) is 0 Å². The van der Waals surface area contributed by atoms with E-state index in [1.165, 1.54) is 0 Å². The van der Waals surface area contributed by atoms with Crippen LogP contribution in [0, 0.1) is 0 Å². The van der Waals surface area contributed by atoms with Crippen molar-refractivity contribution in [3.8, 4) is 0 Å².